The highest BCUT2D eigenvalue weighted by molar-refractivity contribution is 5.26. The molecule has 0 saturated carbocycles. The van der Waals surface area contributed by atoms with Crippen molar-refractivity contribution >= 4 is 0 Å². The van der Waals surface area contributed by atoms with Crippen LogP contribution in [0.2, 0.25) is 0 Å². The summed E-state index contributed by atoms with van der Waals surface area (Å²) in [5, 5.41) is 8.45. The Morgan fingerprint density at radius 2 is 2.45 bits per heavy atom. The number of aromatic nitrogens is 1. The highest BCUT2D eigenvalue weighted by Crippen LogP contribution is 1.99. The van der Waals surface area contributed by atoms with Crippen LogP contribution in [0.15, 0.2) is 31.0 Å². The van der Waals surface area contributed by atoms with Gasteiger partial charge in [-0.3, -0.25) is 4.98 Å². The van der Waals surface area contributed by atoms with E-state index in [1.165, 1.54) is 0 Å². The first-order valence-corrected chi connectivity index (χ1v) is 3.32. The third-order valence-corrected chi connectivity index (χ3v) is 1.31. The van der Waals surface area contributed by atoms with Crippen molar-refractivity contribution in [3.63, 3.8) is 0 Å². The zero-order valence-corrected chi connectivity index (χ0v) is 6.12. The summed E-state index contributed by atoms with van der Waals surface area (Å²) in [6.07, 6.45) is 4.11. The average molecular weight is 144 g/mol. The van der Waals surface area contributed by atoms with Gasteiger partial charge in [-0.05, 0) is 12.1 Å². The van der Waals surface area contributed by atoms with E-state index in [4.69, 9.17) is 5.26 Å². The molecule has 1 aromatic heterocycles. The highest BCUT2D eigenvalue weighted by Gasteiger charge is 1.91. The van der Waals surface area contributed by atoms with Gasteiger partial charge >= 0.3 is 0 Å². The quantitative estimate of drug-likeness (QED) is 0.592. The van der Waals surface area contributed by atoms with Crippen LogP contribution in [0.3, 0.4) is 0 Å². The van der Waals surface area contributed by atoms with Gasteiger partial charge in [-0.1, -0.05) is 6.08 Å². The Bertz CT molecular complexity index is 279. The Morgan fingerprint density at radius 3 is 2.91 bits per heavy atom. The lowest BCUT2D eigenvalue weighted by molar-refractivity contribution is 1.11. The van der Waals surface area contributed by atoms with Crippen LogP contribution in [0.25, 0.3) is 0 Å². The number of nitriles is 1. The minimum atomic E-state index is 0.595. The molecule has 0 radical (unpaired) electrons. The summed E-state index contributed by atoms with van der Waals surface area (Å²) in [4.78, 5) is 4.05. The number of allylic oxidation sites excluding steroid dienone is 1. The Labute approximate surface area is 65.8 Å². The smallest absolute Gasteiger partial charge is 0.101 e. The van der Waals surface area contributed by atoms with Crippen molar-refractivity contribution in [2.24, 2.45) is 0 Å². The molecule has 2 heteroatoms. The molecule has 1 aromatic rings. The molecule has 0 aliphatic carbocycles. The van der Waals surface area contributed by atoms with Crippen LogP contribution in [0.1, 0.15) is 11.3 Å². The maximum atomic E-state index is 8.45. The van der Waals surface area contributed by atoms with Gasteiger partial charge in [-0.15, -0.1) is 6.58 Å². The monoisotopic (exact) mass is 144 g/mol. The summed E-state index contributed by atoms with van der Waals surface area (Å²) in [7, 11) is 0. The SMILES string of the molecule is C=CCc1ccc(C#N)cn1. The molecule has 2 nitrogen and oxygen atoms in total. The predicted octanol–water partition coefficient (Wildman–Crippen LogP) is 1.68. The molecule has 11 heavy (non-hydrogen) atoms. The van der Waals surface area contributed by atoms with Crippen molar-refractivity contribution in [3.05, 3.63) is 42.2 Å². The minimum Gasteiger partial charge on any atom is -0.260 e. The van der Waals surface area contributed by atoms with Gasteiger partial charge in [-0.2, -0.15) is 5.26 Å². The third-order valence-electron chi connectivity index (χ3n) is 1.31. The van der Waals surface area contributed by atoms with E-state index in [-0.39, 0.29) is 0 Å². The van der Waals surface area contributed by atoms with Gasteiger partial charge in [0.25, 0.3) is 0 Å². The van der Waals surface area contributed by atoms with E-state index >= 15 is 0 Å². The number of pyridine rings is 1. The zero-order chi connectivity index (χ0) is 8.10. The standard InChI is InChI=1S/C9H8N2/c1-2-3-9-5-4-8(6-10)7-11-9/h2,4-5,7H,1,3H2. The molecule has 0 N–H and O–H groups in total. The van der Waals surface area contributed by atoms with Gasteiger partial charge in [0, 0.05) is 18.3 Å². The lowest BCUT2D eigenvalue weighted by Crippen LogP contribution is -1.86. The Balaban J connectivity index is 2.84. The van der Waals surface area contributed by atoms with Crippen molar-refractivity contribution in [1.29, 1.82) is 5.26 Å². The second-order valence-corrected chi connectivity index (χ2v) is 2.14. The van der Waals surface area contributed by atoms with Crippen LogP contribution < -0.4 is 0 Å². The molecular weight excluding hydrogens is 136 g/mol. The van der Waals surface area contributed by atoms with Gasteiger partial charge in [0.2, 0.25) is 0 Å². The van der Waals surface area contributed by atoms with E-state index in [1.54, 1.807) is 18.3 Å². The minimum absolute atomic E-state index is 0.595. The van der Waals surface area contributed by atoms with Crippen LogP contribution in [-0.2, 0) is 6.42 Å². The first kappa shape index (κ1) is 7.49. The summed E-state index contributed by atoms with van der Waals surface area (Å²) in [6, 6.07) is 5.60. The number of nitrogens with zero attached hydrogens (tertiary/aromatic N) is 2. The van der Waals surface area contributed by atoms with E-state index in [2.05, 4.69) is 11.6 Å². The summed E-state index contributed by atoms with van der Waals surface area (Å²) < 4.78 is 0. The van der Waals surface area contributed by atoms with Crippen LogP contribution in [0.4, 0.5) is 0 Å². The van der Waals surface area contributed by atoms with Crippen molar-refractivity contribution in [1.82, 2.24) is 4.98 Å². The molecule has 0 saturated heterocycles. The maximum Gasteiger partial charge on any atom is 0.101 e. The van der Waals surface area contributed by atoms with E-state index in [0.29, 0.717) is 5.56 Å². The van der Waals surface area contributed by atoms with Gasteiger partial charge in [-0.25, -0.2) is 0 Å². The topological polar surface area (TPSA) is 36.7 Å². The summed E-state index contributed by atoms with van der Waals surface area (Å²) in [6.45, 7) is 3.59. The van der Waals surface area contributed by atoms with Crippen LogP contribution in [-0.4, -0.2) is 4.98 Å². The molecule has 0 aliphatic rings. The molecule has 0 aliphatic heterocycles. The molecule has 0 atom stereocenters. The molecular formula is C9H8N2. The van der Waals surface area contributed by atoms with Gasteiger partial charge in [0.1, 0.15) is 6.07 Å². The second kappa shape index (κ2) is 3.52. The first-order chi connectivity index (χ1) is 5.36. The van der Waals surface area contributed by atoms with Crippen molar-refractivity contribution < 1.29 is 0 Å². The fourth-order valence-electron chi connectivity index (χ4n) is 0.759. The van der Waals surface area contributed by atoms with Crippen molar-refractivity contribution in [2.75, 3.05) is 0 Å². The summed E-state index contributed by atoms with van der Waals surface area (Å²) in [5.41, 5.74) is 1.54. The van der Waals surface area contributed by atoms with E-state index < -0.39 is 0 Å². The summed E-state index contributed by atoms with van der Waals surface area (Å²) in [5.74, 6) is 0. The largest absolute Gasteiger partial charge is 0.260 e. The van der Waals surface area contributed by atoms with Crippen LogP contribution in [0, 0.1) is 11.3 Å². The number of rotatable bonds is 2. The molecule has 0 spiro atoms. The predicted molar refractivity (Wildman–Crippen MR) is 42.9 cm³/mol. The Kier molecular flexibility index (Phi) is 2.40. The van der Waals surface area contributed by atoms with E-state index in [9.17, 15) is 0 Å². The fourth-order valence-corrected chi connectivity index (χ4v) is 0.759. The molecule has 54 valence electrons. The van der Waals surface area contributed by atoms with Crippen molar-refractivity contribution in [3.8, 4) is 6.07 Å². The third kappa shape index (κ3) is 1.91. The Hall–Kier alpha value is -1.62. The van der Waals surface area contributed by atoms with Crippen molar-refractivity contribution in [2.45, 2.75) is 6.42 Å². The second-order valence-electron chi connectivity index (χ2n) is 2.14. The van der Waals surface area contributed by atoms with E-state index in [0.717, 1.165) is 12.1 Å². The molecule has 1 rings (SSSR count). The molecule has 0 unspecified atom stereocenters. The first-order valence-electron chi connectivity index (χ1n) is 3.32. The van der Waals surface area contributed by atoms with E-state index in [1.807, 2.05) is 12.1 Å². The lowest BCUT2D eigenvalue weighted by atomic mass is 10.2. The fraction of sp³-hybridized carbons (Fsp3) is 0.111. The normalized spacial score (nSPS) is 8.64. The van der Waals surface area contributed by atoms with Gasteiger partial charge < -0.3 is 0 Å². The zero-order valence-electron chi connectivity index (χ0n) is 6.12. The van der Waals surface area contributed by atoms with Gasteiger partial charge in [0.05, 0.1) is 5.56 Å². The van der Waals surface area contributed by atoms with Gasteiger partial charge in [0.15, 0.2) is 0 Å². The molecule has 0 fully saturated rings. The highest BCUT2D eigenvalue weighted by atomic mass is 14.7. The molecule has 0 amide bonds. The Morgan fingerprint density at radius 1 is 1.64 bits per heavy atom. The molecule has 1 heterocycles. The number of hydrogen-bond donors (Lipinski definition) is 0. The average Bonchev–Trinajstić information content (AvgIpc) is 2.07. The number of hydrogen-bond acceptors (Lipinski definition) is 2. The molecule has 0 bridgehead atoms. The van der Waals surface area contributed by atoms with Crippen LogP contribution >= 0.6 is 0 Å². The maximum absolute atomic E-state index is 8.45. The molecule has 0 aromatic carbocycles. The summed E-state index contributed by atoms with van der Waals surface area (Å²) >= 11 is 0. The lowest BCUT2D eigenvalue weighted by Gasteiger charge is -1.93. The van der Waals surface area contributed by atoms with Crippen LogP contribution in [0.5, 0.6) is 0 Å².